The van der Waals surface area contributed by atoms with Gasteiger partial charge >= 0.3 is 0 Å². The van der Waals surface area contributed by atoms with Gasteiger partial charge in [-0.2, -0.15) is 16.9 Å². The number of carbonyl (C=O) groups excluding carboxylic acids is 1. The maximum Gasteiger partial charge on any atom is 0.272 e. The number of fused-ring (bicyclic) bond motifs is 1. The summed E-state index contributed by atoms with van der Waals surface area (Å²) in [6, 6.07) is 10.7. The number of amides is 1. The van der Waals surface area contributed by atoms with Crippen molar-refractivity contribution < 1.29 is 9.21 Å². The van der Waals surface area contributed by atoms with Crippen LogP contribution in [-0.4, -0.2) is 42.7 Å². The molecule has 0 saturated heterocycles. The van der Waals surface area contributed by atoms with Crippen LogP contribution in [0.25, 0.3) is 17.1 Å². The van der Waals surface area contributed by atoms with Gasteiger partial charge in [0, 0.05) is 12.3 Å². The van der Waals surface area contributed by atoms with Gasteiger partial charge < -0.3 is 9.73 Å². The Morgan fingerprint density at radius 3 is 3.07 bits per heavy atom. The van der Waals surface area contributed by atoms with Gasteiger partial charge in [0.25, 0.3) is 5.91 Å². The summed E-state index contributed by atoms with van der Waals surface area (Å²) in [4.78, 5) is 12.7. The topological polar surface area (TPSA) is 101 Å². The van der Waals surface area contributed by atoms with Crippen molar-refractivity contribution >= 4 is 23.3 Å². The zero-order chi connectivity index (χ0) is 18.6. The predicted octanol–water partition coefficient (Wildman–Crippen LogP) is 2.94. The van der Waals surface area contributed by atoms with Crippen molar-refractivity contribution in [3.63, 3.8) is 0 Å². The normalized spacial score (nSPS) is 12.3. The number of hydrogen-bond acceptors (Lipinski definition) is 6. The van der Waals surface area contributed by atoms with Gasteiger partial charge in [-0.3, -0.25) is 14.3 Å². The molecular weight excluding hydrogens is 364 g/mol. The van der Waals surface area contributed by atoms with Crippen LogP contribution in [0.3, 0.4) is 0 Å². The fraction of sp³-hybridized carbons (Fsp3) is 0.222. The van der Waals surface area contributed by atoms with Crippen molar-refractivity contribution in [2.45, 2.75) is 12.5 Å². The van der Waals surface area contributed by atoms with Crippen LogP contribution in [0.5, 0.6) is 0 Å². The largest absolute Gasteiger partial charge is 0.463 e. The zero-order valence-corrected chi connectivity index (χ0v) is 15.4. The summed E-state index contributed by atoms with van der Waals surface area (Å²) in [7, 11) is 0. The van der Waals surface area contributed by atoms with E-state index < -0.39 is 0 Å². The van der Waals surface area contributed by atoms with E-state index in [0.717, 1.165) is 17.8 Å². The van der Waals surface area contributed by atoms with Crippen molar-refractivity contribution in [1.82, 2.24) is 30.1 Å². The molecule has 0 unspecified atom stereocenters. The molecule has 0 spiro atoms. The molecule has 1 amide bonds. The van der Waals surface area contributed by atoms with Crippen LogP contribution in [0.4, 0.5) is 0 Å². The van der Waals surface area contributed by atoms with Crippen molar-refractivity contribution in [2.75, 3.05) is 12.0 Å². The molecular formula is C18H18N6O2S. The van der Waals surface area contributed by atoms with E-state index in [1.807, 2.05) is 35.1 Å². The van der Waals surface area contributed by atoms with Gasteiger partial charge in [0.15, 0.2) is 22.9 Å². The van der Waals surface area contributed by atoms with Crippen LogP contribution in [0.2, 0.25) is 0 Å². The number of H-pyrrole nitrogens is 1. The molecule has 0 saturated carbocycles. The molecule has 4 heterocycles. The number of aromatic amines is 1. The van der Waals surface area contributed by atoms with E-state index in [2.05, 4.69) is 25.7 Å². The minimum Gasteiger partial charge on any atom is -0.463 e. The third kappa shape index (κ3) is 3.59. The molecule has 138 valence electrons. The molecule has 9 heteroatoms. The summed E-state index contributed by atoms with van der Waals surface area (Å²) in [5.41, 5.74) is 1.69. The number of furan rings is 1. The quantitative estimate of drug-likeness (QED) is 0.510. The van der Waals surface area contributed by atoms with Crippen molar-refractivity contribution in [2.24, 2.45) is 0 Å². The van der Waals surface area contributed by atoms with Gasteiger partial charge in [-0.1, -0.05) is 6.07 Å². The van der Waals surface area contributed by atoms with Gasteiger partial charge in [-0.05, 0) is 42.7 Å². The Morgan fingerprint density at radius 1 is 1.33 bits per heavy atom. The monoisotopic (exact) mass is 382 g/mol. The molecule has 0 radical (unpaired) electrons. The highest BCUT2D eigenvalue weighted by Crippen LogP contribution is 2.21. The molecule has 0 aliphatic heterocycles. The predicted molar refractivity (Wildman–Crippen MR) is 102 cm³/mol. The first-order valence-electron chi connectivity index (χ1n) is 8.45. The van der Waals surface area contributed by atoms with Crippen LogP contribution in [-0.2, 0) is 0 Å². The Bertz CT molecular complexity index is 1040. The average molecular weight is 382 g/mol. The van der Waals surface area contributed by atoms with Crippen molar-refractivity contribution in [1.29, 1.82) is 0 Å². The first-order chi connectivity index (χ1) is 13.3. The standard InChI is InChI=1S/C18H18N6O2S/c1-27-10-7-12(17-23-22-16-6-2-3-8-24(16)17)19-18(25)14-11-13(20-21-14)15-5-4-9-26-15/h2-6,8-9,11-12H,7,10H2,1H3,(H,19,25)(H,20,21)/t12-/m0/s1. The summed E-state index contributed by atoms with van der Waals surface area (Å²) >= 11 is 1.71. The van der Waals surface area contributed by atoms with Gasteiger partial charge in [0.05, 0.1) is 12.3 Å². The number of hydrogen-bond donors (Lipinski definition) is 2. The van der Waals surface area contributed by atoms with Crippen molar-refractivity contribution in [3.8, 4) is 11.5 Å². The Labute approximate surface area is 159 Å². The second-order valence-electron chi connectivity index (χ2n) is 5.94. The fourth-order valence-corrected chi connectivity index (χ4v) is 3.30. The Hall–Kier alpha value is -3.07. The summed E-state index contributed by atoms with van der Waals surface area (Å²) in [6.45, 7) is 0. The molecule has 4 aromatic heterocycles. The highest BCUT2D eigenvalue weighted by molar-refractivity contribution is 7.98. The number of thioether (sulfide) groups is 1. The third-order valence-electron chi connectivity index (χ3n) is 4.16. The van der Waals surface area contributed by atoms with E-state index in [1.54, 1.807) is 36.2 Å². The molecule has 4 rings (SSSR count). The van der Waals surface area contributed by atoms with E-state index in [1.165, 1.54) is 0 Å². The highest BCUT2D eigenvalue weighted by Gasteiger charge is 2.22. The SMILES string of the molecule is CSCC[C@H](NC(=O)c1cc(-c2ccco2)[nH]n1)c1nnc2ccccn12. The van der Waals surface area contributed by atoms with Gasteiger partial charge in [0.1, 0.15) is 5.69 Å². The Morgan fingerprint density at radius 2 is 2.26 bits per heavy atom. The number of pyridine rings is 1. The molecule has 1 atom stereocenters. The van der Waals surface area contributed by atoms with Gasteiger partial charge in [-0.25, -0.2) is 0 Å². The third-order valence-corrected chi connectivity index (χ3v) is 4.81. The highest BCUT2D eigenvalue weighted by atomic mass is 32.2. The van der Waals surface area contributed by atoms with Crippen LogP contribution in [0.15, 0.2) is 53.3 Å². The average Bonchev–Trinajstić information content (AvgIpc) is 3.44. The lowest BCUT2D eigenvalue weighted by atomic mass is 10.2. The molecule has 2 N–H and O–H groups in total. The van der Waals surface area contributed by atoms with Crippen molar-refractivity contribution in [3.05, 3.63) is 60.4 Å². The number of aromatic nitrogens is 5. The lowest BCUT2D eigenvalue weighted by Gasteiger charge is -2.16. The lowest BCUT2D eigenvalue weighted by Crippen LogP contribution is -2.30. The molecule has 0 aromatic carbocycles. The van der Waals surface area contributed by atoms with E-state index >= 15 is 0 Å². The minimum absolute atomic E-state index is 0.272. The van der Waals surface area contributed by atoms with Gasteiger partial charge in [0.2, 0.25) is 0 Å². The van der Waals surface area contributed by atoms with Crippen LogP contribution >= 0.6 is 11.8 Å². The van der Waals surface area contributed by atoms with Crippen LogP contribution in [0, 0.1) is 0 Å². The molecule has 0 fully saturated rings. The number of nitrogens with one attached hydrogen (secondary N) is 2. The van der Waals surface area contributed by atoms with E-state index in [4.69, 9.17) is 4.42 Å². The fourth-order valence-electron chi connectivity index (χ4n) is 2.83. The lowest BCUT2D eigenvalue weighted by molar-refractivity contribution is 0.0928. The molecule has 4 aromatic rings. The minimum atomic E-state index is -0.275. The molecule has 8 nitrogen and oxygen atoms in total. The molecule has 0 bridgehead atoms. The first-order valence-corrected chi connectivity index (χ1v) is 9.84. The number of carbonyl (C=O) groups is 1. The van der Waals surface area contributed by atoms with Crippen LogP contribution < -0.4 is 5.32 Å². The van der Waals surface area contributed by atoms with E-state index in [9.17, 15) is 4.79 Å². The second kappa shape index (κ2) is 7.67. The number of nitrogens with zero attached hydrogens (tertiary/aromatic N) is 4. The molecule has 27 heavy (non-hydrogen) atoms. The zero-order valence-electron chi connectivity index (χ0n) is 14.6. The summed E-state index contributed by atoms with van der Waals surface area (Å²) in [6.07, 6.45) is 6.24. The van der Waals surface area contributed by atoms with E-state index in [-0.39, 0.29) is 11.9 Å². The number of rotatable bonds is 7. The maximum atomic E-state index is 12.7. The Balaban J connectivity index is 1.57. The molecule has 0 aliphatic carbocycles. The van der Waals surface area contributed by atoms with Gasteiger partial charge in [-0.15, -0.1) is 10.2 Å². The Kier molecular flexibility index (Phi) is 4.93. The molecule has 0 aliphatic rings. The maximum absolute atomic E-state index is 12.7. The first kappa shape index (κ1) is 17.3. The summed E-state index contributed by atoms with van der Waals surface area (Å²) in [5.74, 6) is 1.94. The second-order valence-corrected chi connectivity index (χ2v) is 6.92. The smallest absolute Gasteiger partial charge is 0.272 e. The summed E-state index contributed by atoms with van der Waals surface area (Å²) in [5, 5.41) is 18.4. The summed E-state index contributed by atoms with van der Waals surface area (Å²) < 4.78 is 7.22. The van der Waals surface area contributed by atoms with E-state index in [0.29, 0.717) is 23.0 Å². The van der Waals surface area contributed by atoms with Crippen LogP contribution in [0.1, 0.15) is 28.8 Å².